The zero-order chi connectivity index (χ0) is 14.1. The van der Waals surface area contributed by atoms with E-state index in [1.807, 2.05) is 19.1 Å². The minimum absolute atomic E-state index is 0.336. The Morgan fingerprint density at radius 3 is 2.74 bits per heavy atom. The van der Waals surface area contributed by atoms with Gasteiger partial charge in [0.05, 0.1) is 12.6 Å². The maximum atomic E-state index is 5.56. The number of hydrogen-bond acceptors (Lipinski definition) is 4. The summed E-state index contributed by atoms with van der Waals surface area (Å²) in [5.74, 6) is 2.01. The fraction of sp³-hybridized carbons (Fsp3) is 0.733. The number of aryl methyl sites for hydroxylation is 1. The Bertz CT molecular complexity index is 337. The second kappa shape index (κ2) is 9.13. The summed E-state index contributed by atoms with van der Waals surface area (Å²) in [6.07, 6.45) is 1.40. The van der Waals surface area contributed by atoms with E-state index in [4.69, 9.17) is 9.15 Å². The topological polar surface area (TPSA) is 37.6 Å². The molecule has 0 saturated carbocycles. The van der Waals surface area contributed by atoms with Crippen LogP contribution in [0.2, 0.25) is 0 Å². The third kappa shape index (κ3) is 8.03. The van der Waals surface area contributed by atoms with Crippen molar-refractivity contribution in [3.63, 3.8) is 0 Å². The molecule has 0 spiro atoms. The van der Waals surface area contributed by atoms with Gasteiger partial charge in [-0.3, -0.25) is 4.90 Å². The molecule has 1 heterocycles. The van der Waals surface area contributed by atoms with Crippen LogP contribution >= 0.6 is 0 Å². The highest BCUT2D eigenvalue weighted by atomic mass is 16.5. The number of likely N-dealkylation sites (N-methyl/N-ethyl adjacent to an activating group) is 1. The van der Waals surface area contributed by atoms with Crippen LogP contribution in [-0.2, 0) is 11.3 Å². The molecule has 0 unspecified atom stereocenters. The molecule has 1 N–H and O–H groups in total. The standard InChI is InChI=1S/C15H28N2O2/c1-13(2)18-11-5-8-16-9-10-17(4)12-15-7-6-14(3)19-15/h6-7,13,16H,5,8-12H2,1-4H3. The number of ether oxygens (including phenoxy) is 1. The average Bonchev–Trinajstić information content (AvgIpc) is 2.73. The summed E-state index contributed by atoms with van der Waals surface area (Å²) >= 11 is 0. The predicted molar refractivity (Wildman–Crippen MR) is 78.4 cm³/mol. The SMILES string of the molecule is Cc1ccc(CN(C)CCNCCCOC(C)C)o1. The van der Waals surface area contributed by atoms with E-state index in [1.54, 1.807) is 0 Å². The van der Waals surface area contributed by atoms with E-state index in [-0.39, 0.29) is 0 Å². The van der Waals surface area contributed by atoms with Crippen molar-refractivity contribution in [2.45, 2.75) is 39.8 Å². The molecule has 0 aliphatic rings. The summed E-state index contributed by atoms with van der Waals surface area (Å²) in [5, 5.41) is 3.43. The second-order valence-electron chi connectivity index (χ2n) is 5.27. The molecule has 0 atom stereocenters. The van der Waals surface area contributed by atoms with Crippen LogP contribution in [0.15, 0.2) is 16.5 Å². The Balaban J connectivity index is 1.97. The Morgan fingerprint density at radius 1 is 1.32 bits per heavy atom. The summed E-state index contributed by atoms with van der Waals surface area (Å²) in [6.45, 7) is 10.9. The fourth-order valence-electron chi connectivity index (χ4n) is 1.83. The van der Waals surface area contributed by atoms with Gasteiger partial charge in [0.2, 0.25) is 0 Å². The molecule has 0 aromatic carbocycles. The maximum Gasteiger partial charge on any atom is 0.118 e. The minimum atomic E-state index is 0.336. The lowest BCUT2D eigenvalue weighted by atomic mass is 10.4. The van der Waals surface area contributed by atoms with Crippen LogP contribution in [0.4, 0.5) is 0 Å². The van der Waals surface area contributed by atoms with Gasteiger partial charge in [-0.2, -0.15) is 0 Å². The van der Waals surface area contributed by atoms with E-state index in [2.05, 4.69) is 31.1 Å². The molecule has 4 nitrogen and oxygen atoms in total. The van der Waals surface area contributed by atoms with Gasteiger partial charge >= 0.3 is 0 Å². The normalized spacial score (nSPS) is 11.7. The van der Waals surface area contributed by atoms with E-state index in [9.17, 15) is 0 Å². The number of rotatable bonds is 10. The highest BCUT2D eigenvalue weighted by Gasteiger charge is 2.03. The smallest absolute Gasteiger partial charge is 0.118 e. The van der Waals surface area contributed by atoms with Crippen molar-refractivity contribution in [3.05, 3.63) is 23.7 Å². The minimum Gasteiger partial charge on any atom is -0.465 e. The van der Waals surface area contributed by atoms with Gasteiger partial charge in [-0.05, 0) is 52.9 Å². The summed E-state index contributed by atoms with van der Waals surface area (Å²) in [4.78, 5) is 2.26. The van der Waals surface area contributed by atoms with Crippen molar-refractivity contribution in [3.8, 4) is 0 Å². The van der Waals surface area contributed by atoms with Gasteiger partial charge in [-0.1, -0.05) is 0 Å². The van der Waals surface area contributed by atoms with E-state index in [0.29, 0.717) is 6.10 Å². The van der Waals surface area contributed by atoms with Crippen LogP contribution in [0.1, 0.15) is 31.8 Å². The zero-order valence-electron chi connectivity index (χ0n) is 12.7. The molecule has 1 rings (SSSR count). The van der Waals surface area contributed by atoms with Crippen molar-refractivity contribution in [1.29, 1.82) is 0 Å². The molecule has 1 aromatic heterocycles. The lowest BCUT2D eigenvalue weighted by Crippen LogP contribution is -2.29. The highest BCUT2D eigenvalue weighted by molar-refractivity contribution is 5.05. The molecule has 0 bridgehead atoms. The van der Waals surface area contributed by atoms with Crippen LogP contribution in [-0.4, -0.2) is 44.3 Å². The molecule has 0 amide bonds. The zero-order valence-corrected chi connectivity index (χ0v) is 12.7. The van der Waals surface area contributed by atoms with Crippen LogP contribution < -0.4 is 5.32 Å². The summed E-state index contributed by atoms with van der Waals surface area (Å²) in [6, 6.07) is 4.05. The van der Waals surface area contributed by atoms with Crippen LogP contribution in [0.5, 0.6) is 0 Å². The fourth-order valence-corrected chi connectivity index (χ4v) is 1.83. The molecule has 1 aromatic rings. The number of furan rings is 1. The van der Waals surface area contributed by atoms with E-state index >= 15 is 0 Å². The Hall–Kier alpha value is -0.840. The molecular weight excluding hydrogens is 240 g/mol. The van der Waals surface area contributed by atoms with Crippen LogP contribution in [0, 0.1) is 6.92 Å². The van der Waals surface area contributed by atoms with Gasteiger partial charge in [-0.25, -0.2) is 0 Å². The van der Waals surface area contributed by atoms with E-state index in [1.165, 1.54) is 0 Å². The molecule has 4 heteroatoms. The third-order valence-electron chi connectivity index (χ3n) is 2.84. The quantitative estimate of drug-likeness (QED) is 0.661. The first-order valence-corrected chi connectivity index (χ1v) is 7.14. The first kappa shape index (κ1) is 16.2. The molecule has 19 heavy (non-hydrogen) atoms. The van der Waals surface area contributed by atoms with Crippen LogP contribution in [0.3, 0.4) is 0 Å². The first-order chi connectivity index (χ1) is 9.08. The number of hydrogen-bond donors (Lipinski definition) is 1. The molecule has 0 saturated heterocycles. The van der Waals surface area contributed by atoms with Crippen molar-refractivity contribution in [2.75, 3.05) is 33.3 Å². The lowest BCUT2D eigenvalue weighted by molar-refractivity contribution is 0.0770. The Kier molecular flexibility index (Phi) is 7.79. The Labute approximate surface area is 117 Å². The summed E-state index contributed by atoms with van der Waals surface area (Å²) in [7, 11) is 2.11. The van der Waals surface area contributed by atoms with E-state index in [0.717, 1.165) is 50.7 Å². The summed E-state index contributed by atoms with van der Waals surface area (Å²) in [5.41, 5.74) is 0. The first-order valence-electron chi connectivity index (χ1n) is 7.14. The van der Waals surface area contributed by atoms with Crippen molar-refractivity contribution in [2.24, 2.45) is 0 Å². The molecular formula is C15H28N2O2. The Morgan fingerprint density at radius 2 is 2.11 bits per heavy atom. The van der Waals surface area contributed by atoms with Crippen molar-refractivity contribution < 1.29 is 9.15 Å². The number of nitrogens with one attached hydrogen (secondary N) is 1. The van der Waals surface area contributed by atoms with Crippen molar-refractivity contribution in [1.82, 2.24) is 10.2 Å². The van der Waals surface area contributed by atoms with Gasteiger partial charge in [0.25, 0.3) is 0 Å². The van der Waals surface area contributed by atoms with Gasteiger partial charge in [0.1, 0.15) is 11.5 Å². The highest BCUT2D eigenvalue weighted by Crippen LogP contribution is 2.07. The second-order valence-corrected chi connectivity index (χ2v) is 5.27. The lowest BCUT2D eigenvalue weighted by Gasteiger charge is -2.15. The summed E-state index contributed by atoms with van der Waals surface area (Å²) < 4.78 is 11.0. The average molecular weight is 268 g/mol. The molecule has 0 aliphatic carbocycles. The predicted octanol–water partition coefficient (Wildman–Crippen LogP) is 2.42. The molecule has 0 aliphatic heterocycles. The van der Waals surface area contributed by atoms with Gasteiger partial charge in [-0.15, -0.1) is 0 Å². The maximum absolute atomic E-state index is 5.56. The molecule has 0 radical (unpaired) electrons. The molecule has 0 fully saturated rings. The molecule has 110 valence electrons. The van der Waals surface area contributed by atoms with Crippen LogP contribution in [0.25, 0.3) is 0 Å². The van der Waals surface area contributed by atoms with Gasteiger partial charge < -0.3 is 14.5 Å². The van der Waals surface area contributed by atoms with E-state index < -0.39 is 0 Å². The van der Waals surface area contributed by atoms with Crippen molar-refractivity contribution >= 4 is 0 Å². The number of nitrogens with zero attached hydrogens (tertiary/aromatic N) is 1. The largest absolute Gasteiger partial charge is 0.465 e. The third-order valence-corrected chi connectivity index (χ3v) is 2.84. The van der Waals surface area contributed by atoms with Gasteiger partial charge in [0, 0.05) is 19.7 Å². The van der Waals surface area contributed by atoms with Gasteiger partial charge in [0.15, 0.2) is 0 Å². The monoisotopic (exact) mass is 268 g/mol.